The summed E-state index contributed by atoms with van der Waals surface area (Å²) in [6.07, 6.45) is -5.73. The van der Waals surface area contributed by atoms with Crippen LogP contribution in [0.2, 0.25) is 0 Å². The normalized spacial score (nSPS) is 12.8. The molecule has 1 N–H and O–H groups in total. The molecule has 9 heteroatoms. The van der Waals surface area contributed by atoms with Crippen molar-refractivity contribution in [3.63, 3.8) is 0 Å². The molecule has 0 aromatic carbocycles. The van der Waals surface area contributed by atoms with Gasteiger partial charge in [-0.15, -0.1) is 0 Å². The van der Waals surface area contributed by atoms with Gasteiger partial charge in [0.1, 0.15) is 0 Å². The second-order valence-corrected chi connectivity index (χ2v) is 3.36. The average Bonchev–Trinajstić information content (AvgIpc) is 2.44. The predicted octanol–water partition coefficient (Wildman–Crippen LogP) is 1.70. The van der Waals surface area contributed by atoms with Gasteiger partial charge in [-0.05, 0) is 0 Å². The SMILES string of the molecule is Cn1cc(CC(F)(F)C(=O)O)c(C(F)(F)F)n1. The summed E-state index contributed by atoms with van der Waals surface area (Å²) in [6, 6.07) is 0. The number of carboxylic acid groups (broad SMARTS) is 1. The lowest BCUT2D eigenvalue weighted by atomic mass is 10.1. The second-order valence-electron chi connectivity index (χ2n) is 3.36. The molecule has 0 saturated carbocycles. The lowest BCUT2D eigenvalue weighted by Gasteiger charge is -2.11. The summed E-state index contributed by atoms with van der Waals surface area (Å²) in [5, 5.41) is 11.1. The molecule has 0 amide bonds. The summed E-state index contributed by atoms with van der Waals surface area (Å²) >= 11 is 0. The molecule has 4 nitrogen and oxygen atoms in total. The van der Waals surface area contributed by atoms with Gasteiger partial charge in [0.05, 0.1) is 6.42 Å². The molecule has 0 saturated heterocycles. The fourth-order valence-electron chi connectivity index (χ4n) is 1.22. The van der Waals surface area contributed by atoms with E-state index in [0.29, 0.717) is 4.68 Å². The van der Waals surface area contributed by atoms with Crippen molar-refractivity contribution >= 4 is 5.97 Å². The number of carbonyl (C=O) groups is 1. The number of nitrogens with zero attached hydrogens (tertiary/aromatic N) is 2. The van der Waals surface area contributed by atoms with E-state index in [1.54, 1.807) is 0 Å². The van der Waals surface area contributed by atoms with Crippen LogP contribution in [0.1, 0.15) is 11.3 Å². The van der Waals surface area contributed by atoms with Crippen molar-refractivity contribution in [2.45, 2.75) is 18.5 Å². The summed E-state index contributed by atoms with van der Waals surface area (Å²) in [4.78, 5) is 10.1. The van der Waals surface area contributed by atoms with Crippen LogP contribution in [0.4, 0.5) is 22.0 Å². The van der Waals surface area contributed by atoms with E-state index in [4.69, 9.17) is 5.11 Å². The topological polar surface area (TPSA) is 55.1 Å². The summed E-state index contributed by atoms with van der Waals surface area (Å²) < 4.78 is 63.4. The molecule has 17 heavy (non-hydrogen) atoms. The smallest absolute Gasteiger partial charge is 0.435 e. The maximum absolute atomic E-state index is 12.8. The number of hydrogen-bond acceptors (Lipinski definition) is 2. The Bertz CT molecular complexity index is 438. The van der Waals surface area contributed by atoms with E-state index < -0.39 is 35.7 Å². The summed E-state index contributed by atoms with van der Waals surface area (Å²) in [5.41, 5.74) is -2.35. The van der Waals surface area contributed by atoms with Crippen LogP contribution in [0, 0.1) is 0 Å². The van der Waals surface area contributed by atoms with Gasteiger partial charge in [0.15, 0.2) is 5.69 Å². The third kappa shape index (κ3) is 2.92. The Morgan fingerprint density at radius 1 is 1.41 bits per heavy atom. The first-order chi connectivity index (χ1) is 7.54. The van der Waals surface area contributed by atoms with Gasteiger partial charge in [-0.25, -0.2) is 4.79 Å². The molecule has 0 atom stereocenters. The number of aryl methyl sites for hydroxylation is 1. The van der Waals surface area contributed by atoms with Gasteiger partial charge in [-0.2, -0.15) is 27.1 Å². The van der Waals surface area contributed by atoms with Crippen LogP contribution in [0.3, 0.4) is 0 Å². The van der Waals surface area contributed by atoms with E-state index in [1.807, 2.05) is 0 Å². The molecule has 0 aliphatic heterocycles. The van der Waals surface area contributed by atoms with Crippen molar-refractivity contribution in [2.75, 3.05) is 0 Å². The van der Waals surface area contributed by atoms with E-state index >= 15 is 0 Å². The molecule has 1 heterocycles. The molecule has 96 valence electrons. The van der Waals surface area contributed by atoms with Crippen LogP contribution in [0.15, 0.2) is 6.20 Å². The highest BCUT2D eigenvalue weighted by Crippen LogP contribution is 2.33. The minimum Gasteiger partial charge on any atom is -0.477 e. The van der Waals surface area contributed by atoms with E-state index in [-0.39, 0.29) is 0 Å². The number of halogens is 5. The predicted molar refractivity (Wildman–Crippen MR) is 44.5 cm³/mol. The van der Waals surface area contributed by atoms with E-state index in [9.17, 15) is 26.7 Å². The Kier molecular flexibility index (Phi) is 3.13. The first kappa shape index (κ1) is 13.4. The average molecular weight is 258 g/mol. The monoisotopic (exact) mass is 258 g/mol. The minimum atomic E-state index is -4.90. The number of carboxylic acids is 1. The van der Waals surface area contributed by atoms with Crippen molar-refractivity contribution in [1.29, 1.82) is 0 Å². The lowest BCUT2D eigenvalue weighted by Crippen LogP contribution is -2.31. The van der Waals surface area contributed by atoms with Crippen molar-refractivity contribution in [3.8, 4) is 0 Å². The Morgan fingerprint density at radius 3 is 2.35 bits per heavy atom. The van der Waals surface area contributed by atoms with E-state index in [2.05, 4.69) is 5.10 Å². The highest BCUT2D eigenvalue weighted by molar-refractivity contribution is 5.75. The first-order valence-corrected chi connectivity index (χ1v) is 4.25. The van der Waals surface area contributed by atoms with Crippen molar-refractivity contribution in [1.82, 2.24) is 9.78 Å². The maximum Gasteiger partial charge on any atom is 0.435 e. The molecule has 1 aromatic rings. The van der Waals surface area contributed by atoms with Crippen molar-refractivity contribution < 1.29 is 31.9 Å². The molecule has 0 fully saturated rings. The Morgan fingerprint density at radius 2 is 1.94 bits per heavy atom. The minimum absolute atomic E-state index is 0.704. The molecule has 0 aliphatic carbocycles. The van der Waals surface area contributed by atoms with E-state index in [1.165, 1.54) is 0 Å². The van der Waals surface area contributed by atoms with Crippen LogP contribution >= 0.6 is 0 Å². The Hall–Kier alpha value is -1.67. The number of aromatic nitrogens is 2. The largest absolute Gasteiger partial charge is 0.477 e. The fraction of sp³-hybridized carbons (Fsp3) is 0.500. The second kappa shape index (κ2) is 3.97. The zero-order chi connectivity index (χ0) is 13.4. The van der Waals surface area contributed by atoms with Crippen LogP contribution < -0.4 is 0 Å². The maximum atomic E-state index is 12.8. The van der Waals surface area contributed by atoms with E-state index in [0.717, 1.165) is 13.2 Å². The highest BCUT2D eigenvalue weighted by atomic mass is 19.4. The third-order valence-electron chi connectivity index (χ3n) is 1.90. The van der Waals surface area contributed by atoms with Crippen molar-refractivity contribution in [2.24, 2.45) is 7.05 Å². The molecule has 0 aliphatic rings. The number of alkyl halides is 5. The van der Waals surface area contributed by atoms with Crippen molar-refractivity contribution in [3.05, 3.63) is 17.5 Å². The van der Waals surface area contributed by atoms with Crippen LogP contribution in [0.25, 0.3) is 0 Å². The number of aliphatic carboxylic acids is 1. The van der Waals surface area contributed by atoms with Gasteiger partial charge in [0.25, 0.3) is 0 Å². The summed E-state index contributed by atoms with van der Waals surface area (Å²) in [7, 11) is 1.12. The molecule has 1 rings (SSSR count). The van der Waals surface area contributed by atoms with Gasteiger partial charge in [-0.1, -0.05) is 0 Å². The van der Waals surface area contributed by atoms with Gasteiger partial charge in [0, 0.05) is 18.8 Å². The van der Waals surface area contributed by atoms with Crippen LogP contribution in [0.5, 0.6) is 0 Å². The van der Waals surface area contributed by atoms with Gasteiger partial charge in [-0.3, -0.25) is 4.68 Å². The van der Waals surface area contributed by atoms with Gasteiger partial charge in [0.2, 0.25) is 0 Å². The molecule has 1 aromatic heterocycles. The zero-order valence-electron chi connectivity index (χ0n) is 8.42. The molecule has 0 spiro atoms. The zero-order valence-corrected chi connectivity index (χ0v) is 8.42. The summed E-state index contributed by atoms with van der Waals surface area (Å²) in [6.45, 7) is 0. The lowest BCUT2D eigenvalue weighted by molar-refractivity contribution is -0.165. The standard InChI is InChI=1S/C8H7F5N2O2/c1-15-3-4(2-7(9,10)6(16)17)5(14-15)8(11,12)13/h3H,2H2,1H3,(H,16,17). The number of rotatable bonds is 3. The van der Waals surface area contributed by atoms with Crippen LogP contribution in [-0.2, 0) is 24.4 Å². The Balaban J connectivity index is 3.12. The molecular formula is C8H7F5N2O2. The Labute approximate surface area is 91.6 Å². The van der Waals surface area contributed by atoms with Gasteiger partial charge < -0.3 is 5.11 Å². The van der Waals surface area contributed by atoms with Crippen LogP contribution in [-0.4, -0.2) is 26.8 Å². The quantitative estimate of drug-likeness (QED) is 0.839. The molecular weight excluding hydrogens is 251 g/mol. The van der Waals surface area contributed by atoms with Gasteiger partial charge >= 0.3 is 18.1 Å². The molecule has 0 radical (unpaired) electrons. The summed E-state index contributed by atoms with van der Waals surface area (Å²) in [5.74, 6) is -6.74. The number of hydrogen-bond donors (Lipinski definition) is 1. The fourth-order valence-corrected chi connectivity index (χ4v) is 1.22. The third-order valence-corrected chi connectivity index (χ3v) is 1.90. The highest BCUT2D eigenvalue weighted by Gasteiger charge is 2.44. The first-order valence-electron chi connectivity index (χ1n) is 4.25. The molecule has 0 unspecified atom stereocenters. The molecule has 0 bridgehead atoms.